The molecule has 1 atom stereocenters. The molecule has 0 fully saturated rings. The van der Waals surface area contributed by atoms with E-state index >= 15 is 0 Å². The summed E-state index contributed by atoms with van der Waals surface area (Å²) < 4.78 is 10.1. The fraction of sp³-hybridized carbons (Fsp3) is 0.182. The standard InChI is InChI=1S/C15H14O6.C7H8N2O3/c16-8-5-10(17)9-1-2-13(21-14(9)6-8)7-3-11(18)15(20)12(19)4-7;1-12-7(11)4-2-5(10)6(8)9-3-4/h3-6,13,16-20H,1-2H2;2-3,10H,1H3,(H2,8,9). The number of hydrogen-bond acceptors (Lipinski definition) is 11. The Balaban J connectivity index is 0.000000218. The van der Waals surface area contributed by atoms with Crippen LogP contribution in [-0.4, -0.2) is 48.7 Å². The molecule has 1 unspecified atom stereocenters. The summed E-state index contributed by atoms with van der Waals surface area (Å²) >= 11 is 0. The van der Waals surface area contributed by atoms with Crippen molar-refractivity contribution in [2.24, 2.45) is 0 Å². The third kappa shape index (κ3) is 5.03. The van der Waals surface area contributed by atoms with E-state index < -0.39 is 29.3 Å². The predicted octanol–water partition coefficient (Wildman–Crippen LogP) is 2.44. The third-order valence-corrected chi connectivity index (χ3v) is 4.88. The number of benzene rings is 2. The number of pyridine rings is 1. The second kappa shape index (κ2) is 9.30. The molecule has 0 saturated carbocycles. The number of aromatic nitrogens is 1. The van der Waals surface area contributed by atoms with Gasteiger partial charge in [-0.25, -0.2) is 9.78 Å². The first kappa shape index (κ1) is 23.1. The first-order chi connectivity index (χ1) is 15.6. The number of methoxy groups -OCH3 is 1. The topological polar surface area (TPSA) is 196 Å². The van der Waals surface area contributed by atoms with Crippen molar-refractivity contribution < 1.29 is 44.9 Å². The molecule has 0 aliphatic carbocycles. The molecule has 2 aromatic carbocycles. The Morgan fingerprint density at radius 3 is 2.27 bits per heavy atom. The van der Waals surface area contributed by atoms with Gasteiger partial charge in [0.25, 0.3) is 0 Å². The number of carbonyl (C=O) groups excluding carboxylic acids is 1. The van der Waals surface area contributed by atoms with Crippen molar-refractivity contribution >= 4 is 11.8 Å². The highest BCUT2D eigenvalue weighted by Crippen LogP contribution is 2.44. The molecule has 1 aliphatic rings. The summed E-state index contributed by atoms with van der Waals surface area (Å²) in [4.78, 5) is 14.4. The molecular formula is C22H22N2O9. The number of aromatic hydroxyl groups is 6. The van der Waals surface area contributed by atoms with Crippen molar-refractivity contribution in [1.82, 2.24) is 4.98 Å². The number of anilines is 1. The maximum Gasteiger partial charge on any atom is 0.339 e. The number of rotatable bonds is 2. The van der Waals surface area contributed by atoms with Gasteiger partial charge in [0.1, 0.15) is 23.4 Å². The molecule has 0 saturated heterocycles. The van der Waals surface area contributed by atoms with E-state index in [1.165, 1.54) is 43.6 Å². The number of nitrogen functional groups attached to an aromatic ring is 1. The Bertz CT molecular complexity index is 1170. The molecule has 174 valence electrons. The van der Waals surface area contributed by atoms with Gasteiger partial charge in [0.2, 0.25) is 0 Å². The second-order valence-electron chi connectivity index (χ2n) is 7.11. The summed E-state index contributed by atoms with van der Waals surface area (Å²) in [6.07, 6.45) is 1.82. The lowest BCUT2D eigenvalue weighted by Gasteiger charge is -2.27. The minimum atomic E-state index is -0.578. The lowest BCUT2D eigenvalue weighted by Crippen LogP contribution is -2.15. The van der Waals surface area contributed by atoms with Crippen molar-refractivity contribution in [1.29, 1.82) is 0 Å². The largest absolute Gasteiger partial charge is 0.508 e. The quantitative estimate of drug-likeness (QED) is 0.220. The van der Waals surface area contributed by atoms with Gasteiger partial charge in [-0.1, -0.05) is 0 Å². The Labute approximate surface area is 187 Å². The minimum Gasteiger partial charge on any atom is -0.508 e. The maximum atomic E-state index is 10.9. The molecule has 8 N–H and O–H groups in total. The monoisotopic (exact) mass is 458 g/mol. The second-order valence-corrected chi connectivity index (χ2v) is 7.11. The van der Waals surface area contributed by atoms with Gasteiger partial charge in [-0.15, -0.1) is 0 Å². The van der Waals surface area contributed by atoms with E-state index in [0.717, 1.165) is 0 Å². The highest BCUT2D eigenvalue weighted by Gasteiger charge is 2.26. The van der Waals surface area contributed by atoms with Crippen molar-refractivity contribution in [2.75, 3.05) is 12.8 Å². The molecule has 0 radical (unpaired) electrons. The van der Waals surface area contributed by atoms with Gasteiger partial charge in [0.15, 0.2) is 28.8 Å². The lowest BCUT2D eigenvalue weighted by atomic mass is 9.96. The number of nitrogens with two attached hydrogens (primary N) is 1. The molecule has 1 aromatic heterocycles. The molecule has 33 heavy (non-hydrogen) atoms. The summed E-state index contributed by atoms with van der Waals surface area (Å²) in [6, 6.07) is 6.48. The average Bonchev–Trinajstić information content (AvgIpc) is 2.78. The molecular weight excluding hydrogens is 436 g/mol. The molecule has 2 heterocycles. The molecule has 0 spiro atoms. The van der Waals surface area contributed by atoms with Gasteiger partial charge >= 0.3 is 5.97 Å². The lowest BCUT2D eigenvalue weighted by molar-refractivity contribution is 0.0600. The molecule has 11 heteroatoms. The van der Waals surface area contributed by atoms with Crippen LogP contribution >= 0.6 is 0 Å². The SMILES string of the molecule is COC(=O)c1cnc(N)c(O)c1.Oc1cc(O)c2c(c1)OC(c1cc(O)c(O)c(O)c1)CC2. The van der Waals surface area contributed by atoms with E-state index in [1.807, 2.05) is 0 Å². The number of ether oxygens (including phenoxy) is 2. The highest BCUT2D eigenvalue weighted by atomic mass is 16.5. The summed E-state index contributed by atoms with van der Waals surface area (Å²) in [7, 11) is 1.25. The van der Waals surface area contributed by atoms with Crippen LogP contribution < -0.4 is 10.5 Å². The van der Waals surface area contributed by atoms with Crippen LogP contribution in [0.15, 0.2) is 36.5 Å². The Kier molecular flexibility index (Phi) is 6.52. The normalized spacial score (nSPS) is 14.3. The fourth-order valence-corrected chi connectivity index (χ4v) is 3.20. The van der Waals surface area contributed by atoms with Gasteiger partial charge in [-0.05, 0) is 36.6 Å². The smallest absolute Gasteiger partial charge is 0.339 e. The van der Waals surface area contributed by atoms with E-state index in [-0.39, 0.29) is 28.6 Å². The van der Waals surface area contributed by atoms with E-state index in [0.29, 0.717) is 29.7 Å². The third-order valence-electron chi connectivity index (χ3n) is 4.88. The first-order valence-corrected chi connectivity index (χ1v) is 9.59. The van der Waals surface area contributed by atoms with E-state index in [2.05, 4.69) is 9.72 Å². The van der Waals surface area contributed by atoms with E-state index in [9.17, 15) is 30.3 Å². The van der Waals surface area contributed by atoms with Crippen molar-refractivity contribution in [3.05, 3.63) is 53.2 Å². The van der Waals surface area contributed by atoms with Crippen LogP contribution in [0.5, 0.6) is 40.2 Å². The van der Waals surface area contributed by atoms with E-state index in [1.54, 1.807) is 0 Å². The highest BCUT2D eigenvalue weighted by molar-refractivity contribution is 5.89. The fourth-order valence-electron chi connectivity index (χ4n) is 3.20. The summed E-state index contributed by atoms with van der Waals surface area (Å²) in [6.45, 7) is 0. The van der Waals surface area contributed by atoms with E-state index in [4.69, 9.17) is 15.6 Å². The van der Waals surface area contributed by atoms with Gasteiger partial charge in [-0.3, -0.25) is 0 Å². The predicted molar refractivity (Wildman–Crippen MR) is 115 cm³/mol. The molecule has 11 nitrogen and oxygen atoms in total. The zero-order valence-electron chi connectivity index (χ0n) is 17.4. The first-order valence-electron chi connectivity index (χ1n) is 9.59. The summed E-state index contributed by atoms with van der Waals surface area (Å²) in [5.74, 6) is -2.01. The summed E-state index contributed by atoms with van der Waals surface area (Å²) in [5, 5.41) is 56.8. The van der Waals surface area contributed by atoms with Gasteiger partial charge in [0, 0.05) is 23.9 Å². The van der Waals surface area contributed by atoms with Crippen molar-refractivity contribution in [2.45, 2.75) is 18.9 Å². The van der Waals surface area contributed by atoms with Crippen LogP contribution in [0.25, 0.3) is 0 Å². The zero-order chi connectivity index (χ0) is 24.3. The van der Waals surface area contributed by atoms with Crippen LogP contribution in [0.4, 0.5) is 5.82 Å². The van der Waals surface area contributed by atoms with Crippen molar-refractivity contribution in [3.8, 4) is 40.2 Å². The van der Waals surface area contributed by atoms with Crippen LogP contribution in [-0.2, 0) is 11.2 Å². The Morgan fingerprint density at radius 1 is 1.00 bits per heavy atom. The number of fused-ring (bicyclic) bond motifs is 1. The number of nitrogens with zero attached hydrogens (tertiary/aromatic N) is 1. The molecule has 4 rings (SSSR count). The number of carbonyl (C=O) groups is 1. The number of phenols is 5. The minimum absolute atomic E-state index is 0.0114. The molecule has 0 bridgehead atoms. The average molecular weight is 458 g/mol. The van der Waals surface area contributed by atoms with Crippen molar-refractivity contribution in [3.63, 3.8) is 0 Å². The Hall–Kier alpha value is -4.54. The van der Waals surface area contributed by atoms with Crippen LogP contribution in [0.3, 0.4) is 0 Å². The number of esters is 1. The Morgan fingerprint density at radius 2 is 1.67 bits per heavy atom. The number of hydrogen-bond donors (Lipinski definition) is 7. The molecule has 1 aliphatic heterocycles. The summed E-state index contributed by atoms with van der Waals surface area (Å²) in [5.41, 5.74) is 6.49. The van der Waals surface area contributed by atoms with Crippen LogP contribution in [0, 0.1) is 0 Å². The molecule has 0 amide bonds. The number of phenolic OH excluding ortho intramolecular Hbond substituents is 5. The van der Waals surface area contributed by atoms with Crippen LogP contribution in [0.2, 0.25) is 0 Å². The van der Waals surface area contributed by atoms with Gasteiger partial charge in [0.05, 0.1) is 12.7 Å². The van der Waals surface area contributed by atoms with Crippen LogP contribution in [0.1, 0.15) is 34.0 Å². The zero-order valence-corrected chi connectivity index (χ0v) is 17.4. The van der Waals surface area contributed by atoms with Gasteiger partial charge < -0.3 is 45.8 Å². The molecule has 3 aromatic rings. The maximum absolute atomic E-state index is 10.9. The van der Waals surface area contributed by atoms with Gasteiger partial charge in [-0.2, -0.15) is 0 Å².